The molecular weight excluding hydrogens is 286 g/mol. The van der Waals surface area contributed by atoms with Crippen LogP contribution in [0.5, 0.6) is 0 Å². The Morgan fingerprint density at radius 3 is 2.29 bits per heavy atom. The number of carbonyl (C=O) groups is 2. The van der Waals surface area contributed by atoms with Crippen molar-refractivity contribution in [1.29, 1.82) is 0 Å². The standard InChI is InChI=1S/C15H31N3O2S/c1-13(19)15(2,3)17-14(20)16-9-11-18(4)10-7-5-6-8-12-21/h21H,5-12H2,1-4H3,(H2,16,17,20). The molecule has 0 heterocycles. The molecule has 0 radical (unpaired) electrons. The number of carbonyl (C=O) groups excluding carboxylic acids is 2. The van der Waals surface area contributed by atoms with Crippen LogP contribution in [-0.2, 0) is 4.79 Å². The Labute approximate surface area is 134 Å². The van der Waals surface area contributed by atoms with Gasteiger partial charge in [0.1, 0.15) is 0 Å². The second-order valence-corrected chi connectivity index (χ2v) is 6.45. The lowest BCUT2D eigenvalue weighted by molar-refractivity contribution is -0.121. The number of hydrogen-bond acceptors (Lipinski definition) is 4. The summed E-state index contributed by atoms with van der Waals surface area (Å²) in [6.45, 7) is 7.29. The van der Waals surface area contributed by atoms with Crippen molar-refractivity contribution >= 4 is 24.4 Å². The van der Waals surface area contributed by atoms with E-state index in [0.29, 0.717) is 6.54 Å². The van der Waals surface area contributed by atoms with Crippen LogP contribution >= 0.6 is 12.6 Å². The van der Waals surface area contributed by atoms with E-state index in [1.54, 1.807) is 13.8 Å². The Bertz CT molecular complexity index is 322. The van der Waals surface area contributed by atoms with Gasteiger partial charge in [0, 0.05) is 13.1 Å². The second kappa shape index (κ2) is 10.9. The zero-order chi connectivity index (χ0) is 16.3. The van der Waals surface area contributed by atoms with Crippen molar-refractivity contribution in [2.24, 2.45) is 0 Å². The summed E-state index contributed by atoms with van der Waals surface area (Å²) < 4.78 is 0. The van der Waals surface area contributed by atoms with Gasteiger partial charge >= 0.3 is 6.03 Å². The number of ketones is 1. The number of unbranched alkanes of at least 4 members (excludes halogenated alkanes) is 3. The number of amides is 2. The molecule has 0 aromatic carbocycles. The summed E-state index contributed by atoms with van der Waals surface area (Å²) in [5.74, 6) is 0.904. The van der Waals surface area contributed by atoms with Crippen molar-refractivity contribution in [3.63, 3.8) is 0 Å². The van der Waals surface area contributed by atoms with Crippen LogP contribution in [0.2, 0.25) is 0 Å². The predicted molar refractivity (Wildman–Crippen MR) is 91.1 cm³/mol. The van der Waals surface area contributed by atoms with Crippen LogP contribution in [-0.4, -0.2) is 54.7 Å². The lowest BCUT2D eigenvalue weighted by Gasteiger charge is -2.23. The fourth-order valence-corrected chi connectivity index (χ4v) is 1.96. The van der Waals surface area contributed by atoms with Crippen LogP contribution in [0.25, 0.3) is 0 Å². The quantitative estimate of drug-likeness (QED) is 0.404. The molecule has 0 unspecified atom stereocenters. The second-order valence-electron chi connectivity index (χ2n) is 6.00. The van der Waals surface area contributed by atoms with Gasteiger partial charge in [-0.15, -0.1) is 0 Å². The van der Waals surface area contributed by atoms with Gasteiger partial charge in [-0.25, -0.2) is 4.79 Å². The lowest BCUT2D eigenvalue weighted by Crippen LogP contribution is -2.53. The zero-order valence-corrected chi connectivity index (χ0v) is 14.8. The van der Waals surface area contributed by atoms with E-state index in [4.69, 9.17) is 0 Å². The van der Waals surface area contributed by atoms with Crippen molar-refractivity contribution in [1.82, 2.24) is 15.5 Å². The van der Waals surface area contributed by atoms with E-state index in [-0.39, 0.29) is 11.8 Å². The monoisotopic (exact) mass is 317 g/mol. The third-order valence-corrected chi connectivity index (χ3v) is 3.85. The number of rotatable bonds is 11. The van der Waals surface area contributed by atoms with Gasteiger partial charge in [-0.3, -0.25) is 4.79 Å². The van der Waals surface area contributed by atoms with Crippen LogP contribution in [0.4, 0.5) is 4.79 Å². The van der Waals surface area contributed by atoms with Crippen molar-refractivity contribution in [3.8, 4) is 0 Å². The van der Waals surface area contributed by atoms with E-state index in [1.807, 2.05) is 0 Å². The number of nitrogens with one attached hydrogen (secondary N) is 2. The number of urea groups is 1. The Kier molecular flexibility index (Phi) is 10.5. The van der Waals surface area contributed by atoms with E-state index in [1.165, 1.54) is 32.6 Å². The smallest absolute Gasteiger partial charge is 0.315 e. The van der Waals surface area contributed by atoms with Crippen molar-refractivity contribution < 1.29 is 9.59 Å². The van der Waals surface area contributed by atoms with Crippen LogP contribution in [0.15, 0.2) is 0 Å². The van der Waals surface area contributed by atoms with E-state index in [9.17, 15) is 9.59 Å². The number of likely N-dealkylation sites (N-methyl/N-ethyl adjacent to an activating group) is 1. The minimum absolute atomic E-state index is 0.0593. The maximum absolute atomic E-state index is 11.7. The fraction of sp³-hybridized carbons (Fsp3) is 0.867. The van der Waals surface area contributed by atoms with Crippen LogP contribution in [0.1, 0.15) is 46.5 Å². The molecule has 0 saturated carbocycles. The van der Waals surface area contributed by atoms with Gasteiger partial charge in [0.15, 0.2) is 5.78 Å². The SMILES string of the molecule is CC(=O)C(C)(C)NC(=O)NCCN(C)CCCCCCS. The molecule has 0 rings (SSSR count). The molecule has 0 spiro atoms. The lowest BCUT2D eigenvalue weighted by atomic mass is 10.0. The van der Waals surface area contributed by atoms with Gasteiger partial charge in [0.25, 0.3) is 0 Å². The maximum Gasteiger partial charge on any atom is 0.315 e. The summed E-state index contributed by atoms with van der Waals surface area (Å²) in [5, 5.41) is 5.45. The van der Waals surface area contributed by atoms with Crippen molar-refractivity contribution in [3.05, 3.63) is 0 Å². The highest BCUT2D eigenvalue weighted by atomic mass is 32.1. The summed E-state index contributed by atoms with van der Waals surface area (Å²) in [7, 11) is 2.05. The summed E-state index contributed by atoms with van der Waals surface area (Å²) in [6, 6.07) is -0.294. The highest BCUT2D eigenvalue weighted by molar-refractivity contribution is 7.80. The number of thiol groups is 1. The first-order chi connectivity index (χ1) is 9.79. The highest BCUT2D eigenvalue weighted by Crippen LogP contribution is 2.03. The molecule has 2 N–H and O–H groups in total. The van der Waals surface area contributed by atoms with Crippen LogP contribution in [0, 0.1) is 0 Å². The zero-order valence-electron chi connectivity index (χ0n) is 13.9. The molecule has 0 aliphatic heterocycles. The maximum atomic E-state index is 11.7. The molecule has 0 fully saturated rings. The molecule has 6 heteroatoms. The van der Waals surface area contributed by atoms with E-state index < -0.39 is 5.54 Å². The third-order valence-electron chi connectivity index (χ3n) is 3.53. The molecule has 124 valence electrons. The Balaban J connectivity index is 3.69. The normalized spacial score (nSPS) is 11.5. The van der Waals surface area contributed by atoms with Gasteiger partial charge in [-0.2, -0.15) is 12.6 Å². The molecule has 0 aliphatic rings. The number of hydrogen-bond donors (Lipinski definition) is 3. The van der Waals surface area contributed by atoms with Gasteiger partial charge < -0.3 is 15.5 Å². The van der Waals surface area contributed by atoms with Crippen molar-refractivity contribution in [2.75, 3.05) is 32.4 Å². The summed E-state index contributed by atoms with van der Waals surface area (Å²) >= 11 is 4.19. The van der Waals surface area contributed by atoms with Crippen LogP contribution in [0.3, 0.4) is 0 Å². The molecule has 0 atom stereocenters. The minimum atomic E-state index is -0.816. The predicted octanol–water partition coefficient (Wildman–Crippen LogP) is 2.08. The van der Waals surface area contributed by atoms with Gasteiger partial charge in [-0.1, -0.05) is 12.8 Å². The van der Waals surface area contributed by atoms with Gasteiger partial charge in [-0.05, 0) is 53.0 Å². The minimum Gasteiger partial charge on any atom is -0.337 e. The summed E-state index contributed by atoms with van der Waals surface area (Å²) in [5.41, 5.74) is -0.816. The molecule has 0 bridgehead atoms. The number of nitrogens with zero attached hydrogens (tertiary/aromatic N) is 1. The summed E-state index contributed by atoms with van der Waals surface area (Å²) in [4.78, 5) is 25.2. The molecule has 0 aromatic rings. The fourth-order valence-electron chi connectivity index (χ4n) is 1.74. The van der Waals surface area contributed by atoms with Gasteiger partial charge in [0.05, 0.1) is 5.54 Å². The topological polar surface area (TPSA) is 61.4 Å². The first kappa shape index (κ1) is 20.2. The van der Waals surface area contributed by atoms with E-state index >= 15 is 0 Å². The van der Waals surface area contributed by atoms with E-state index in [0.717, 1.165) is 18.8 Å². The molecule has 21 heavy (non-hydrogen) atoms. The first-order valence-electron chi connectivity index (χ1n) is 7.66. The highest BCUT2D eigenvalue weighted by Gasteiger charge is 2.25. The average Bonchev–Trinajstić information content (AvgIpc) is 2.37. The summed E-state index contributed by atoms with van der Waals surface area (Å²) in [6.07, 6.45) is 4.82. The average molecular weight is 317 g/mol. The Morgan fingerprint density at radius 1 is 1.10 bits per heavy atom. The molecule has 5 nitrogen and oxygen atoms in total. The Morgan fingerprint density at radius 2 is 1.71 bits per heavy atom. The first-order valence-corrected chi connectivity index (χ1v) is 8.29. The largest absolute Gasteiger partial charge is 0.337 e. The van der Waals surface area contributed by atoms with Gasteiger partial charge in [0.2, 0.25) is 0 Å². The number of Topliss-reactive ketones (excluding diaryl/α,β-unsaturated/α-hetero) is 1. The molecule has 2 amide bonds. The molecule has 0 aromatic heterocycles. The molecular formula is C15H31N3O2S. The molecule has 0 aliphatic carbocycles. The van der Waals surface area contributed by atoms with E-state index in [2.05, 4.69) is 35.2 Å². The Hall–Kier alpha value is -0.750. The van der Waals surface area contributed by atoms with Crippen LogP contribution < -0.4 is 10.6 Å². The van der Waals surface area contributed by atoms with Crippen molar-refractivity contribution in [2.45, 2.75) is 52.0 Å². The third kappa shape index (κ3) is 10.6. The molecule has 0 saturated heterocycles.